The monoisotopic (exact) mass is 137 g/mol. The minimum absolute atomic E-state index is 0.137. The van der Waals surface area contributed by atoms with Gasteiger partial charge in [-0.15, -0.1) is 0 Å². The number of anilines is 1. The fraction of sp³-hybridized carbons (Fsp3) is 0. The molecule has 3 heteroatoms. The molecule has 1 aromatic rings. The van der Waals surface area contributed by atoms with Crippen LogP contribution in [-0.4, -0.2) is 5.91 Å². The van der Waals surface area contributed by atoms with Gasteiger partial charge in [-0.2, -0.15) is 0 Å². The molecular weight excluding hydrogens is 133 g/mol. The van der Waals surface area contributed by atoms with Crippen LogP contribution in [0.2, 0.25) is 0 Å². The third-order valence-electron chi connectivity index (χ3n) is 1.49. The van der Waals surface area contributed by atoms with Gasteiger partial charge in [-0.25, -0.2) is 4.39 Å². The SMILES string of the molecule is O=C1Nc2cccc1c2F. The highest BCUT2D eigenvalue weighted by atomic mass is 19.1. The zero-order valence-electron chi connectivity index (χ0n) is 5.02. The average molecular weight is 137 g/mol. The predicted octanol–water partition coefficient (Wildman–Crippen LogP) is 1.39. The summed E-state index contributed by atoms with van der Waals surface area (Å²) in [4.78, 5) is 10.8. The molecule has 0 saturated carbocycles. The second-order valence-corrected chi connectivity index (χ2v) is 2.12. The largest absolute Gasteiger partial charge is 0.319 e. The van der Waals surface area contributed by atoms with E-state index in [0.717, 1.165) is 0 Å². The van der Waals surface area contributed by atoms with Crippen molar-refractivity contribution in [3.05, 3.63) is 29.6 Å². The molecule has 1 aliphatic rings. The van der Waals surface area contributed by atoms with Crippen LogP contribution in [0.5, 0.6) is 0 Å². The Bertz CT molecular complexity index is 308. The van der Waals surface area contributed by atoms with Crippen molar-refractivity contribution in [1.82, 2.24) is 0 Å². The molecule has 1 N–H and O–H groups in total. The smallest absolute Gasteiger partial charge is 0.258 e. The number of halogens is 1. The van der Waals surface area contributed by atoms with E-state index in [1.54, 1.807) is 6.07 Å². The summed E-state index contributed by atoms with van der Waals surface area (Å²) in [5.74, 6) is -0.787. The van der Waals surface area contributed by atoms with E-state index in [1.165, 1.54) is 12.1 Å². The number of hydrogen-bond donors (Lipinski definition) is 1. The number of rotatable bonds is 0. The first kappa shape index (κ1) is 5.41. The molecule has 0 spiro atoms. The minimum atomic E-state index is -0.437. The number of amides is 1. The zero-order chi connectivity index (χ0) is 7.14. The van der Waals surface area contributed by atoms with Gasteiger partial charge in [0.1, 0.15) is 0 Å². The van der Waals surface area contributed by atoms with E-state index in [-0.39, 0.29) is 17.2 Å². The summed E-state index contributed by atoms with van der Waals surface area (Å²) in [7, 11) is 0. The summed E-state index contributed by atoms with van der Waals surface area (Å²) in [6.45, 7) is 0. The summed E-state index contributed by atoms with van der Waals surface area (Å²) in [6.07, 6.45) is 0. The summed E-state index contributed by atoms with van der Waals surface area (Å²) in [5, 5.41) is 2.38. The van der Waals surface area contributed by atoms with Crippen LogP contribution >= 0.6 is 0 Å². The Morgan fingerprint density at radius 3 is 2.80 bits per heavy atom. The standard InChI is InChI=1S/C7H4FNO/c8-6-4-2-1-3-5(6)9-7(4)10/h1-3H,(H,9,10). The van der Waals surface area contributed by atoms with Crippen molar-refractivity contribution in [3.8, 4) is 0 Å². The highest BCUT2D eigenvalue weighted by molar-refractivity contribution is 6.09. The molecule has 0 saturated heterocycles. The number of carbonyl (C=O) groups excluding carboxylic acids is 1. The van der Waals surface area contributed by atoms with E-state index in [4.69, 9.17) is 0 Å². The fourth-order valence-electron chi connectivity index (χ4n) is 0.994. The van der Waals surface area contributed by atoms with Gasteiger partial charge in [0.15, 0.2) is 5.82 Å². The first-order valence-electron chi connectivity index (χ1n) is 2.89. The normalized spacial score (nSPS) is 13.5. The Kier molecular flexibility index (Phi) is 0.845. The van der Waals surface area contributed by atoms with Crippen molar-refractivity contribution in [1.29, 1.82) is 0 Å². The molecule has 0 aromatic heterocycles. The summed E-state index contributed by atoms with van der Waals surface area (Å²) in [6, 6.07) is 4.64. The van der Waals surface area contributed by atoms with E-state index in [0.29, 0.717) is 0 Å². The number of carbonyl (C=O) groups is 1. The van der Waals surface area contributed by atoms with Crippen molar-refractivity contribution in [3.63, 3.8) is 0 Å². The summed E-state index contributed by atoms with van der Waals surface area (Å²) in [5.41, 5.74) is 0.417. The van der Waals surface area contributed by atoms with Crippen molar-refractivity contribution >= 4 is 11.6 Å². The van der Waals surface area contributed by atoms with Gasteiger partial charge in [0.25, 0.3) is 5.91 Å². The van der Waals surface area contributed by atoms with Gasteiger partial charge < -0.3 is 5.32 Å². The molecule has 2 bridgehead atoms. The number of fused-ring (bicyclic) bond motifs is 2. The summed E-state index contributed by atoms with van der Waals surface area (Å²) < 4.78 is 12.8. The second-order valence-electron chi connectivity index (χ2n) is 2.12. The van der Waals surface area contributed by atoms with E-state index in [2.05, 4.69) is 5.32 Å². The van der Waals surface area contributed by atoms with Crippen LogP contribution in [0.1, 0.15) is 10.4 Å². The molecule has 0 radical (unpaired) electrons. The van der Waals surface area contributed by atoms with Gasteiger partial charge in [0.2, 0.25) is 0 Å². The second kappa shape index (κ2) is 1.56. The minimum Gasteiger partial charge on any atom is -0.319 e. The zero-order valence-corrected chi connectivity index (χ0v) is 5.02. The van der Waals surface area contributed by atoms with E-state index in [9.17, 15) is 9.18 Å². The number of hydrogen-bond acceptors (Lipinski definition) is 1. The van der Waals surface area contributed by atoms with Gasteiger partial charge in [0.05, 0.1) is 11.3 Å². The van der Waals surface area contributed by atoms with Crippen LogP contribution in [-0.2, 0) is 0 Å². The van der Waals surface area contributed by atoms with Gasteiger partial charge in [0, 0.05) is 0 Å². The van der Waals surface area contributed by atoms with Crippen LogP contribution in [0, 0.1) is 5.82 Å². The van der Waals surface area contributed by atoms with Crippen LogP contribution in [0.3, 0.4) is 0 Å². The Morgan fingerprint density at radius 1 is 1.40 bits per heavy atom. The van der Waals surface area contributed by atoms with Gasteiger partial charge >= 0.3 is 0 Å². The highest BCUT2D eigenvalue weighted by Gasteiger charge is 2.22. The molecule has 2 rings (SSSR count). The molecule has 10 heavy (non-hydrogen) atoms. The lowest BCUT2D eigenvalue weighted by atomic mass is 10.2. The molecular formula is C7H4FNO. The van der Waals surface area contributed by atoms with Crippen molar-refractivity contribution in [2.24, 2.45) is 0 Å². The first-order valence-corrected chi connectivity index (χ1v) is 2.89. The van der Waals surface area contributed by atoms with Gasteiger partial charge in [-0.1, -0.05) is 6.07 Å². The third-order valence-corrected chi connectivity index (χ3v) is 1.49. The molecule has 50 valence electrons. The molecule has 0 fully saturated rings. The van der Waals surface area contributed by atoms with E-state index >= 15 is 0 Å². The lowest BCUT2D eigenvalue weighted by Gasteiger charge is -1.87. The molecule has 0 atom stereocenters. The lowest BCUT2D eigenvalue weighted by molar-refractivity contribution is 0.102. The quantitative estimate of drug-likeness (QED) is 0.575. The Hall–Kier alpha value is -1.38. The van der Waals surface area contributed by atoms with Crippen molar-refractivity contribution in [2.75, 3.05) is 5.32 Å². The summed E-state index contributed by atoms with van der Waals surface area (Å²) >= 11 is 0. The molecule has 1 aromatic carbocycles. The van der Waals surface area contributed by atoms with Gasteiger partial charge in [-0.3, -0.25) is 4.79 Å². The average Bonchev–Trinajstić information content (AvgIpc) is 2.16. The van der Waals surface area contributed by atoms with Crippen LogP contribution < -0.4 is 5.32 Å². The van der Waals surface area contributed by atoms with Crippen LogP contribution in [0.15, 0.2) is 18.2 Å². The lowest BCUT2D eigenvalue weighted by Crippen LogP contribution is -2.02. The maximum atomic E-state index is 12.8. The van der Waals surface area contributed by atoms with E-state index in [1.807, 2.05) is 0 Å². The predicted molar refractivity (Wildman–Crippen MR) is 34.4 cm³/mol. The molecule has 1 heterocycles. The Labute approximate surface area is 56.7 Å². The number of benzene rings is 1. The van der Waals surface area contributed by atoms with Crippen molar-refractivity contribution < 1.29 is 9.18 Å². The maximum absolute atomic E-state index is 12.8. The van der Waals surface area contributed by atoms with Crippen LogP contribution in [0.4, 0.5) is 10.1 Å². The number of nitrogens with one attached hydrogen (secondary N) is 1. The maximum Gasteiger partial charge on any atom is 0.258 e. The highest BCUT2D eigenvalue weighted by Crippen LogP contribution is 2.24. The van der Waals surface area contributed by atoms with Crippen LogP contribution in [0.25, 0.3) is 0 Å². The molecule has 1 aliphatic heterocycles. The van der Waals surface area contributed by atoms with Gasteiger partial charge in [-0.05, 0) is 12.1 Å². The Morgan fingerprint density at radius 2 is 2.20 bits per heavy atom. The Balaban J connectivity index is 2.76. The topological polar surface area (TPSA) is 29.1 Å². The third kappa shape index (κ3) is 0.492. The molecule has 0 unspecified atom stereocenters. The fourth-order valence-corrected chi connectivity index (χ4v) is 0.994. The molecule has 2 nitrogen and oxygen atoms in total. The van der Waals surface area contributed by atoms with E-state index < -0.39 is 5.82 Å². The van der Waals surface area contributed by atoms with Crippen molar-refractivity contribution in [2.45, 2.75) is 0 Å². The molecule has 0 aliphatic carbocycles. The first-order chi connectivity index (χ1) is 4.79. The molecule has 1 amide bonds.